The first-order valence-corrected chi connectivity index (χ1v) is 9.77. The largest absolute Gasteiger partial charge is 0.497 e. The van der Waals surface area contributed by atoms with Gasteiger partial charge in [-0.25, -0.2) is 9.78 Å². The second-order valence-corrected chi connectivity index (χ2v) is 7.36. The Bertz CT molecular complexity index is 1070. The first kappa shape index (κ1) is 22.4. The smallest absolute Gasteiger partial charge is 0.326 e. The number of carbonyl (C=O) groups is 2. The third-order valence-electron chi connectivity index (χ3n) is 5.41. The minimum atomic E-state index is -1.01. The fourth-order valence-electron chi connectivity index (χ4n) is 3.84. The van der Waals surface area contributed by atoms with Crippen LogP contribution in [0.5, 0.6) is 5.75 Å². The van der Waals surface area contributed by atoms with Crippen LogP contribution < -0.4 is 4.74 Å². The van der Waals surface area contributed by atoms with E-state index in [0.717, 1.165) is 22.5 Å². The van der Waals surface area contributed by atoms with Gasteiger partial charge in [0.1, 0.15) is 11.8 Å². The second-order valence-electron chi connectivity index (χ2n) is 7.36. The molecular formula is C23H24ClN3O4. The third-order valence-corrected chi connectivity index (χ3v) is 5.41. The summed E-state index contributed by atoms with van der Waals surface area (Å²) in [7, 11) is 1.57. The number of rotatable bonds is 6. The lowest BCUT2D eigenvalue weighted by atomic mass is 10.0. The molecule has 0 bridgehead atoms. The van der Waals surface area contributed by atoms with Crippen LogP contribution in [0.15, 0.2) is 60.9 Å². The number of carboxylic acid groups (broad SMARTS) is 1. The molecule has 0 saturated carbocycles. The Morgan fingerprint density at radius 2 is 1.87 bits per heavy atom. The molecule has 8 heteroatoms. The van der Waals surface area contributed by atoms with Crippen LogP contribution in [0.25, 0.3) is 0 Å². The lowest BCUT2D eigenvalue weighted by molar-refractivity contribution is -0.151. The molecule has 0 unspecified atom stereocenters. The summed E-state index contributed by atoms with van der Waals surface area (Å²) in [5, 5.41) is 9.81. The van der Waals surface area contributed by atoms with Crippen molar-refractivity contribution in [3.8, 4) is 5.75 Å². The molecule has 1 aliphatic rings. The molecule has 3 aromatic rings. The highest BCUT2D eigenvalue weighted by Gasteiger charge is 2.36. The number of amides is 1. The Hall–Kier alpha value is -3.32. The van der Waals surface area contributed by atoms with Crippen LogP contribution >= 0.6 is 12.4 Å². The highest BCUT2D eigenvalue weighted by molar-refractivity contribution is 5.86. The van der Waals surface area contributed by atoms with Gasteiger partial charge in [-0.1, -0.05) is 42.5 Å². The Morgan fingerprint density at radius 3 is 2.58 bits per heavy atom. The van der Waals surface area contributed by atoms with Gasteiger partial charge in [0.2, 0.25) is 5.91 Å². The maximum Gasteiger partial charge on any atom is 0.326 e. The van der Waals surface area contributed by atoms with Crippen molar-refractivity contribution < 1.29 is 19.4 Å². The predicted octanol–water partition coefficient (Wildman–Crippen LogP) is 2.94. The number of nitrogens with zero attached hydrogens (tertiary/aromatic N) is 3. The van der Waals surface area contributed by atoms with E-state index in [-0.39, 0.29) is 37.7 Å². The summed E-state index contributed by atoms with van der Waals surface area (Å²) in [6.07, 6.45) is 2.08. The summed E-state index contributed by atoms with van der Waals surface area (Å²) < 4.78 is 7.18. The van der Waals surface area contributed by atoms with Gasteiger partial charge in [-0.15, -0.1) is 12.4 Å². The molecule has 1 amide bonds. The topological polar surface area (TPSA) is 84.7 Å². The normalized spacial score (nSPS) is 15.0. The first-order chi connectivity index (χ1) is 14.5. The molecule has 4 rings (SSSR count). The van der Waals surface area contributed by atoms with E-state index in [9.17, 15) is 14.7 Å². The number of hydrogen-bond acceptors (Lipinski definition) is 4. The van der Waals surface area contributed by atoms with Gasteiger partial charge in [0.25, 0.3) is 0 Å². The number of aromatic nitrogens is 2. The Kier molecular flexibility index (Phi) is 6.97. The minimum absolute atomic E-state index is 0. The third kappa shape index (κ3) is 4.88. The molecule has 0 aliphatic carbocycles. The van der Waals surface area contributed by atoms with Crippen molar-refractivity contribution in [2.45, 2.75) is 32.0 Å². The number of fused-ring (bicyclic) bond motifs is 1. The van der Waals surface area contributed by atoms with Crippen LogP contribution in [0.2, 0.25) is 0 Å². The zero-order chi connectivity index (χ0) is 21.1. The fraction of sp³-hybridized carbons (Fsp3) is 0.261. The zero-order valence-electron chi connectivity index (χ0n) is 17.1. The van der Waals surface area contributed by atoms with Crippen LogP contribution in [0.3, 0.4) is 0 Å². The average Bonchev–Trinajstić information content (AvgIpc) is 3.15. The van der Waals surface area contributed by atoms with Gasteiger partial charge in [0.15, 0.2) is 0 Å². The molecule has 1 atom stereocenters. The Morgan fingerprint density at radius 1 is 1.13 bits per heavy atom. The van der Waals surface area contributed by atoms with E-state index in [2.05, 4.69) is 4.98 Å². The van der Waals surface area contributed by atoms with Crippen molar-refractivity contribution in [1.82, 2.24) is 14.5 Å². The first-order valence-electron chi connectivity index (χ1n) is 9.77. The Balaban J connectivity index is 0.00000272. The zero-order valence-corrected chi connectivity index (χ0v) is 17.9. The molecule has 0 fully saturated rings. The van der Waals surface area contributed by atoms with Crippen LogP contribution in [-0.4, -0.2) is 44.6 Å². The summed E-state index contributed by atoms with van der Waals surface area (Å²) >= 11 is 0. The van der Waals surface area contributed by atoms with Crippen LogP contribution in [0.4, 0.5) is 0 Å². The monoisotopic (exact) mass is 441 g/mol. The van der Waals surface area contributed by atoms with E-state index < -0.39 is 12.0 Å². The van der Waals surface area contributed by atoms with Crippen LogP contribution in [0.1, 0.15) is 22.5 Å². The highest BCUT2D eigenvalue weighted by Crippen LogP contribution is 2.25. The molecule has 162 valence electrons. The van der Waals surface area contributed by atoms with E-state index in [0.29, 0.717) is 12.3 Å². The molecule has 1 aromatic heterocycles. The molecule has 0 saturated heterocycles. The van der Waals surface area contributed by atoms with Crippen molar-refractivity contribution in [1.29, 1.82) is 0 Å². The molecule has 7 nitrogen and oxygen atoms in total. The van der Waals surface area contributed by atoms with Gasteiger partial charge in [-0.2, -0.15) is 0 Å². The van der Waals surface area contributed by atoms with Gasteiger partial charge in [0, 0.05) is 18.7 Å². The number of imidazole rings is 1. The van der Waals surface area contributed by atoms with Gasteiger partial charge < -0.3 is 19.3 Å². The summed E-state index contributed by atoms with van der Waals surface area (Å²) in [5.74, 6) is -0.582. The molecule has 31 heavy (non-hydrogen) atoms. The summed E-state index contributed by atoms with van der Waals surface area (Å²) in [5.41, 5.74) is 3.52. The lowest BCUT2D eigenvalue weighted by Gasteiger charge is -2.33. The predicted molar refractivity (Wildman–Crippen MR) is 117 cm³/mol. The standard InChI is InChI=1S/C23H23N3O4.ClH/c1-30-18-9-5-8-17(10-18)11-22(27)26-14-19-20(12-21(26)23(28)29)25(15-24-19)13-16-6-3-2-4-7-16;/h2-10,15,21H,11-14H2,1H3,(H,28,29);1H/t21-;/m0./s1. The number of ether oxygens (including phenoxy) is 1. The Labute approximate surface area is 186 Å². The molecule has 2 heterocycles. The number of halogens is 1. The van der Waals surface area contributed by atoms with Crippen molar-refractivity contribution in [3.05, 3.63) is 83.4 Å². The number of carbonyl (C=O) groups excluding carboxylic acids is 1. The van der Waals surface area contributed by atoms with E-state index >= 15 is 0 Å². The van der Waals surface area contributed by atoms with E-state index in [1.54, 1.807) is 25.6 Å². The molecule has 0 radical (unpaired) electrons. The SMILES string of the molecule is COc1cccc(CC(=O)N2Cc3ncn(Cc4ccccc4)c3C[C@H]2C(=O)O)c1.Cl. The second kappa shape index (κ2) is 9.66. The number of carboxylic acids is 1. The van der Waals surface area contributed by atoms with Gasteiger partial charge >= 0.3 is 5.97 Å². The minimum Gasteiger partial charge on any atom is -0.497 e. The number of aliphatic carboxylic acids is 1. The summed E-state index contributed by atoms with van der Waals surface area (Å²) in [4.78, 5) is 30.8. The quantitative estimate of drug-likeness (QED) is 0.635. The van der Waals surface area contributed by atoms with E-state index in [1.165, 1.54) is 4.90 Å². The van der Waals surface area contributed by atoms with Crippen molar-refractivity contribution in [2.24, 2.45) is 0 Å². The molecule has 2 aromatic carbocycles. The summed E-state index contributed by atoms with van der Waals surface area (Å²) in [6.45, 7) is 0.810. The van der Waals surface area contributed by atoms with E-state index in [4.69, 9.17) is 4.74 Å². The molecular weight excluding hydrogens is 418 g/mol. The van der Waals surface area contributed by atoms with Crippen molar-refractivity contribution in [3.63, 3.8) is 0 Å². The van der Waals surface area contributed by atoms with E-state index in [1.807, 2.05) is 47.0 Å². The fourth-order valence-corrected chi connectivity index (χ4v) is 3.84. The van der Waals surface area contributed by atoms with Gasteiger partial charge in [0.05, 0.1) is 32.1 Å². The molecule has 0 spiro atoms. The van der Waals surface area contributed by atoms with Crippen LogP contribution in [0, 0.1) is 0 Å². The summed E-state index contributed by atoms with van der Waals surface area (Å²) in [6, 6.07) is 16.3. The van der Waals surface area contributed by atoms with Crippen molar-refractivity contribution in [2.75, 3.05) is 7.11 Å². The van der Waals surface area contributed by atoms with Crippen molar-refractivity contribution >= 4 is 24.3 Å². The van der Waals surface area contributed by atoms with Crippen LogP contribution in [-0.2, 0) is 35.5 Å². The number of hydrogen-bond donors (Lipinski definition) is 1. The lowest BCUT2D eigenvalue weighted by Crippen LogP contribution is -2.49. The van der Waals surface area contributed by atoms with Gasteiger partial charge in [-0.3, -0.25) is 4.79 Å². The maximum absolute atomic E-state index is 13.0. The maximum atomic E-state index is 13.0. The highest BCUT2D eigenvalue weighted by atomic mass is 35.5. The van der Waals surface area contributed by atoms with Gasteiger partial charge in [-0.05, 0) is 23.3 Å². The number of benzene rings is 2. The molecule has 1 N–H and O–H groups in total. The molecule has 1 aliphatic heterocycles. The average molecular weight is 442 g/mol. The number of methoxy groups -OCH3 is 1.